The molecule has 3 rings (SSSR count). The van der Waals surface area contributed by atoms with Crippen LogP contribution < -0.4 is 5.32 Å². The Morgan fingerprint density at radius 1 is 1.14 bits per heavy atom. The molecule has 1 unspecified atom stereocenters. The lowest BCUT2D eigenvalue weighted by Gasteiger charge is -2.32. The molecule has 0 bridgehead atoms. The molecule has 158 valence electrons. The van der Waals surface area contributed by atoms with Crippen LogP contribution in [-0.4, -0.2) is 89.7 Å². The molecule has 2 aliphatic rings. The van der Waals surface area contributed by atoms with Gasteiger partial charge in [0.1, 0.15) is 0 Å². The lowest BCUT2D eigenvalue weighted by Crippen LogP contribution is -2.51. The third kappa shape index (κ3) is 5.96. The van der Waals surface area contributed by atoms with Crippen molar-refractivity contribution >= 4 is 35.2 Å². The maximum absolute atomic E-state index is 12.9. The van der Waals surface area contributed by atoms with E-state index in [1.807, 2.05) is 52.8 Å². The van der Waals surface area contributed by atoms with Gasteiger partial charge in [-0.15, -0.1) is 0 Å². The number of aryl methyl sites for hydroxylation is 1. The molecule has 2 aliphatic heterocycles. The number of amides is 3. The van der Waals surface area contributed by atoms with Gasteiger partial charge in [-0.1, -0.05) is 17.7 Å². The highest BCUT2D eigenvalue weighted by molar-refractivity contribution is 7.99. The number of thioether (sulfide) groups is 1. The van der Waals surface area contributed by atoms with Crippen LogP contribution in [0, 0.1) is 6.92 Å². The van der Waals surface area contributed by atoms with E-state index in [0.29, 0.717) is 5.69 Å². The SMILES string of the molecule is Cc1ccc(NC(=O)CN(C)C(=O)CN2CCCC2C(=O)N2CCSCC2)cc1. The average Bonchev–Trinajstić information content (AvgIpc) is 3.17. The third-order valence-electron chi connectivity index (χ3n) is 5.45. The number of nitrogens with one attached hydrogen (secondary N) is 1. The number of likely N-dealkylation sites (N-methyl/N-ethyl adjacent to an activating group) is 1. The fourth-order valence-electron chi connectivity index (χ4n) is 3.72. The van der Waals surface area contributed by atoms with Crippen molar-refractivity contribution in [3.8, 4) is 0 Å². The molecule has 1 aromatic rings. The second-order valence-corrected chi connectivity index (χ2v) is 8.95. The summed E-state index contributed by atoms with van der Waals surface area (Å²) >= 11 is 1.87. The molecule has 0 saturated carbocycles. The van der Waals surface area contributed by atoms with Crippen molar-refractivity contribution < 1.29 is 14.4 Å². The van der Waals surface area contributed by atoms with Gasteiger partial charge in [0.15, 0.2) is 0 Å². The first-order valence-corrected chi connectivity index (χ1v) is 11.3. The molecule has 0 aromatic heterocycles. The van der Waals surface area contributed by atoms with Gasteiger partial charge in [0.05, 0.1) is 19.1 Å². The molecule has 1 atom stereocenters. The molecule has 1 N–H and O–H groups in total. The molecular formula is C21H30N4O3S. The van der Waals surface area contributed by atoms with Crippen LogP contribution in [0.2, 0.25) is 0 Å². The number of carbonyl (C=O) groups excluding carboxylic acids is 3. The lowest BCUT2D eigenvalue weighted by atomic mass is 10.2. The Labute approximate surface area is 176 Å². The number of benzene rings is 1. The topological polar surface area (TPSA) is 73.0 Å². The Kier molecular flexibility index (Phi) is 7.55. The van der Waals surface area contributed by atoms with Crippen LogP contribution >= 0.6 is 11.8 Å². The smallest absolute Gasteiger partial charge is 0.243 e. The van der Waals surface area contributed by atoms with Gasteiger partial charge in [-0.3, -0.25) is 19.3 Å². The molecule has 0 radical (unpaired) electrons. The summed E-state index contributed by atoms with van der Waals surface area (Å²) in [6.45, 7) is 4.48. The minimum absolute atomic E-state index is 0.0114. The first-order valence-electron chi connectivity index (χ1n) is 10.1. The van der Waals surface area contributed by atoms with Gasteiger partial charge < -0.3 is 15.1 Å². The third-order valence-corrected chi connectivity index (χ3v) is 6.39. The summed E-state index contributed by atoms with van der Waals surface area (Å²) in [5.74, 6) is 1.74. The first kappa shape index (κ1) is 21.6. The summed E-state index contributed by atoms with van der Waals surface area (Å²) in [7, 11) is 1.63. The summed E-state index contributed by atoms with van der Waals surface area (Å²) in [4.78, 5) is 43.1. The highest BCUT2D eigenvalue weighted by Crippen LogP contribution is 2.21. The predicted molar refractivity (Wildman–Crippen MR) is 116 cm³/mol. The van der Waals surface area contributed by atoms with E-state index in [1.54, 1.807) is 7.05 Å². The van der Waals surface area contributed by atoms with Gasteiger partial charge >= 0.3 is 0 Å². The zero-order chi connectivity index (χ0) is 20.8. The molecule has 2 heterocycles. The van der Waals surface area contributed by atoms with Crippen molar-refractivity contribution in [3.05, 3.63) is 29.8 Å². The fraction of sp³-hybridized carbons (Fsp3) is 0.571. The van der Waals surface area contributed by atoms with Gasteiger partial charge in [-0.25, -0.2) is 0 Å². The van der Waals surface area contributed by atoms with Crippen LogP contribution in [0.5, 0.6) is 0 Å². The monoisotopic (exact) mass is 418 g/mol. The summed E-state index contributed by atoms with van der Waals surface area (Å²) < 4.78 is 0. The highest BCUT2D eigenvalue weighted by atomic mass is 32.2. The number of nitrogens with zero attached hydrogens (tertiary/aromatic N) is 3. The maximum atomic E-state index is 12.9. The molecule has 1 aromatic carbocycles. The largest absolute Gasteiger partial charge is 0.340 e. The molecule has 29 heavy (non-hydrogen) atoms. The highest BCUT2D eigenvalue weighted by Gasteiger charge is 2.35. The molecule has 8 heteroatoms. The van der Waals surface area contributed by atoms with Gasteiger partial charge in [-0.2, -0.15) is 11.8 Å². The summed E-state index contributed by atoms with van der Waals surface area (Å²) in [5, 5.41) is 2.81. The standard InChI is InChI=1S/C21H30N4O3S/c1-16-5-7-17(8-6-16)22-19(26)14-23(2)20(27)15-25-9-3-4-18(25)21(28)24-10-12-29-13-11-24/h5-8,18H,3-4,9-15H2,1-2H3,(H,22,26). The second kappa shape index (κ2) is 10.1. The normalized spacial score (nSPS) is 19.8. The molecular weight excluding hydrogens is 388 g/mol. The van der Waals surface area contributed by atoms with Gasteiger partial charge in [0, 0.05) is 37.3 Å². The van der Waals surface area contributed by atoms with Crippen molar-refractivity contribution in [2.45, 2.75) is 25.8 Å². The number of hydrogen-bond acceptors (Lipinski definition) is 5. The lowest BCUT2D eigenvalue weighted by molar-refractivity contribution is -0.139. The number of carbonyl (C=O) groups is 3. The molecule has 2 fully saturated rings. The average molecular weight is 419 g/mol. The van der Waals surface area contributed by atoms with E-state index in [-0.39, 0.29) is 36.9 Å². The van der Waals surface area contributed by atoms with E-state index in [1.165, 1.54) is 4.90 Å². The molecule has 7 nitrogen and oxygen atoms in total. The van der Waals surface area contributed by atoms with Crippen LogP contribution in [0.3, 0.4) is 0 Å². The summed E-state index contributed by atoms with van der Waals surface area (Å²) in [5.41, 5.74) is 1.83. The van der Waals surface area contributed by atoms with Crippen LogP contribution in [-0.2, 0) is 14.4 Å². The van der Waals surface area contributed by atoms with E-state index in [0.717, 1.165) is 49.5 Å². The quantitative estimate of drug-likeness (QED) is 0.757. The minimum Gasteiger partial charge on any atom is -0.340 e. The zero-order valence-corrected chi connectivity index (χ0v) is 18.0. The van der Waals surface area contributed by atoms with E-state index in [4.69, 9.17) is 0 Å². The predicted octanol–water partition coefficient (Wildman–Crippen LogP) is 1.43. The van der Waals surface area contributed by atoms with Crippen molar-refractivity contribution in [2.75, 3.05) is 56.6 Å². The summed E-state index contributed by atoms with van der Waals surface area (Å²) in [6.07, 6.45) is 1.72. The minimum atomic E-state index is -0.232. The molecule has 3 amide bonds. The van der Waals surface area contributed by atoms with E-state index >= 15 is 0 Å². The molecule has 0 aliphatic carbocycles. The molecule has 0 spiro atoms. The van der Waals surface area contributed by atoms with Crippen molar-refractivity contribution in [1.29, 1.82) is 0 Å². The van der Waals surface area contributed by atoms with Crippen LogP contribution in [0.25, 0.3) is 0 Å². The Balaban J connectivity index is 1.49. The van der Waals surface area contributed by atoms with Gasteiger partial charge in [0.25, 0.3) is 0 Å². The van der Waals surface area contributed by atoms with Crippen molar-refractivity contribution in [2.24, 2.45) is 0 Å². The maximum Gasteiger partial charge on any atom is 0.243 e. The first-order chi connectivity index (χ1) is 13.9. The van der Waals surface area contributed by atoms with Crippen molar-refractivity contribution in [3.63, 3.8) is 0 Å². The Bertz CT molecular complexity index is 734. The number of anilines is 1. The summed E-state index contributed by atoms with van der Waals surface area (Å²) in [6, 6.07) is 7.33. The van der Waals surface area contributed by atoms with Crippen molar-refractivity contribution in [1.82, 2.24) is 14.7 Å². The fourth-order valence-corrected chi connectivity index (χ4v) is 4.63. The number of rotatable bonds is 6. The Morgan fingerprint density at radius 2 is 1.83 bits per heavy atom. The Hall–Kier alpha value is -2.06. The molecule has 2 saturated heterocycles. The van der Waals surface area contributed by atoms with Crippen LogP contribution in [0.15, 0.2) is 24.3 Å². The van der Waals surface area contributed by atoms with Crippen LogP contribution in [0.4, 0.5) is 5.69 Å². The number of hydrogen-bond donors (Lipinski definition) is 1. The number of likely N-dealkylation sites (tertiary alicyclic amines) is 1. The van der Waals surface area contributed by atoms with E-state index < -0.39 is 0 Å². The second-order valence-electron chi connectivity index (χ2n) is 7.73. The van der Waals surface area contributed by atoms with E-state index in [9.17, 15) is 14.4 Å². The van der Waals surface area contributed by atoms with Crippen LogP contribution in [0.1, 0.15) is 18.4 Å². The zero-order valence-electron chi connectivity index (χ0n) is 17.2. The van der Waals surface area contributed by atoms with Gasteiger partial charge in [-0.05, 0) is 38.4 Å². The Morgan fingerprint density at radius 3 is 2.52 bits per heavy atom. The van der Waals surface area contributed by atoms with E-state index in [2.05, 4.69) is 5.32 Å². The van der Waals surface area contributed by atoms with Gasteiger partial charge in [0.2, 0.25) is 17.7 Å².